The zero-order chi connectivity index (χ0) is 14.9. The number of fused-ring (bicyclic) bond motifs is 1. The lowest BCUT2D eigenvalue weighted by Crippen LogP contribution is -2.29. The summed E-state index contributed by atoms with van der Waals surface area (Å²) in [6.07, 6.45) is -0.598. The van der Waals surface area contributed by atoms with Crippen molar-refractivity contribution in [3.8, 4) is 0 Å². The van der Waals surface area contributed by atoms with Crippen LogP contribution in [0.4, 0.5) is 5.95 Å². The van der Waals surface area contributed by atoms with E-state index >= 15 is 0 Å². The standard InChI is InChI=1S/C11H17N5O4/c1-6(18)5-12-10-13-8-7(16(10)3-4-17)9(19)14-11(20)15(8)2/h6,17-18H,3-5H2,1-2H3,(H,12,13)(H,14,19,20)/t6-/m0/s1. The molecule has 0 aliphatic rings. The molecule has 0 aliphatic carbocycles. The lowest BCUT2D eigenvalue weighted by atomic mass is 10.4. The van der Waals surface area contributed by atoms with Crippen LogP contribution in [0.1, 0.15) is 6.92 Å². The molecule has 9 nitrogen and oxygen atoms in total. The van der Waals surface area contributed by atoms with Crippen molar-refractivity contribution in [1.29, 1.82) is 0 Å². The first kappa shape index (κ1) is 14.3. The Morgan fingerprint density at radius 1 is 1.45 bits per heavy atom. The molecule has 0 aromatic carbocycles. The summed E-state index contributed by atoms with van der Waals surface area (Å²) >= 11 is 0. The second kappa shape index (κ2) is 5.47. The lowest BCUT2D eigenvalue weighted by Gasteiger charge is -2.10. The molecule has 0 saturated heterocycles. The highest BCUT2D eigenvalue weighted by Crippen LogP contribution is 2.14. The van der Waals surface area contributed by atoms with Crippen molar-refractivity contribution >= 4 is 17.1 Å². The molecular formula is C11H17N5O4. The van der Waals surface area contributed by atoms with Gasteiger partial charge in [-0.1, -0.05) is 0 Å². The number of aryl methyl sites for hydroxylation is 1. The summed E-state index contributed by atoms with van der Waals surface area (Å²) < 4.78 is 2.70. The molecule has 0 bridgehead atoms. The maximum absolute atomic E-state index is 11.9. The predicted octanol–water partition coefficient (Wildman–Crippen LogP) is -1.79. The van der Waals surface area contributed by atoms with Crippen LogP contribution in [0.25, 0.3) is 11.2 Å². The Balaban J connectivity index is 2.66. The van der Waals surface area contributed by atoms with Gasteiger partial charge in [0.25, 0.3) is 5.56 Å². The summed E-state index contributed by atoms with van der Waals surface area (Å²) in [5.74, 6) is 0.321. The third-order valence-electron chi connectivity index (χ3n) is 2.89. The van der Waals surface area contributed by atoms with Crippen LogP contribution in [0.3, 0.4) is 0 Å². The summed E-state index contributed by atoms with van der Waals surface area (Å²) in [6.45, 7) is 1.81. The molecule has 0 amide bonds. The number of nitrogens with zero attached hydrogens (tertiary/aromatic N) is 3. The van der Waals surface area contributed by atoms with Crippen LogP contribution < -0.4 is 16.6 Å². The monoisotopic (exact) mass is 283 g/mol. The van der Waals surface area contributed by atoms with Crippen molar-refractivity contribution in [3.63, 3.8) is 0 Å². The van der Waals surface area contributed by atoms with Gasteiger partial charge in [0, 0.05) is 20.1 Å². The molecule has 0 aliphatic heterocycles. The van der Waals surface area contributed by atoms with E-state index in [1.807, 2.05) is 0 Å². The molecule has 0 saturated carbocycles. The maximum atomic E-state index is 11.9. The lowest BCUT2D eigenvalue weighted by molar-refractivity contribution is 0.208. The van der Waals surface area contributed by atoms with E-state index in [9.17, 15) is 14.7 Å². The van der Waals surface area contributed by atoms with Crippen molar-refractivity contribution in [3.05, 3.63) is 20.8 Å². The quantitative estimate of drug-likeness (QED) is 0.513. The number of anilines is 1. The molecule has 2 heterocycles. The predicted molar refractivity (Wildman–Crippen MR) is 72.9 cm³/mol. The molecule has 0 radical (unpaired) electrons. The zero-order valence-electron chi connectivity index (χ0n) is 11.3. The smallest absolute Gasteiger partial charge is 0.329 e. The van der Waals surface area contributed by atoms with Gasteiger partial charge in [0.1, 0.15) is 0 Å². The van der Waals surface area contributed by atoms with Crippen LogP contribution in [0.5, 0.6) is 0 Å². The Hall–Kier alpha value is -2.13. The van der Waals surface area contributed by atoms with Gasteiger partial charge >= 0.3 is 5.69 Å². The van der Waals surface area contributed by atoms with Gasteiger partial charge < -0.3 is 20.1 Å². The Kier molecular flexibility index (Phi) is 3.91. The average Bonchev–Trinajstić information content (AvgIpc) is 2.74. The number of H-pyrrole nitrogens is 1. The number of aromatic nitrogens is 4. The van der Waals surface area contributed by atoms with Crippen LogP contribution in [0.2, 0.25) is 0 Å². The van der Waals surface area contributed by atoms with E-state index in [1.54, 1.807) is 6.92 Å². The zero-order valence-corrected chi connectivity index (χ0v) is 11.3. The van der Waals surface area contributed by atoms with Gasteiger partial charge in [-0.2, -0.15) is 4.98 Å². The van der Waals surface area contributed by atoms with E-state index < -0.39 is 17.4 Å². The van der Waals surface area contributed by atoms with Crippen molar-refractivity contribution in [2.75, 3.05) is 18.5 Å². The Bertz CT molecular complexity index is 727. The summed E-state index contributed by atoms with van der Waals surface area (Å²) in [6, 6.07) is 0. The molecule has 1 atom stereocenters. The first-order valence-electron chi connectivity index (χ1n) is 6.18. The molecule has 110 valence electrons. The number of nitrogens with one attached hydrogen (secondary N) is 2. The maximum Gasteiger partial charge on any atom is 0.329 e. The summed E-state index contributed by atoms with van der Waals surface area (Å²) in [5, 5.41) is 21.3. The van der Waals surface area contributed by atoms with Gasteiger partial charge in [-0.15, -0.1) is 0 Å². The fraction of sp³-hybridized carbons (Fsp3) is 0.545. The third-order valence-corrected chi connectivity index (χ3v) is 2.89. The number of rotatable bonds is 5. The molecule has 2 rings (SSSR count). The molecule has 2 aromatic rings. The highest BCUT2D eigenvalue weighted by molar-refractivity contribution is 5.74. The number of hydrogen-bond acceptors (Lipinski definition) is 6. The number of hydrogen-bond donors (Lipinski definition) is 4. The molecule has 2 aromatic heterocycles. The van der Waals surface area contributed by atoms with Gasteiger partial charge in [0.2, 0.25) is 5.95 Å². The largest absolute Gasteiger partial charge is 0.395 e. The SMILES string of the molecule is C[C@H](O)CNc1nc2c(c(=O)[nH]c(=O)n2C)n1CCO. The molecule has 0 unspecified atom stereocenters. The first-order valence-corrected chi connectivity index (χ1v) is 6.18. The third kappa shape index (κ3) is 2.45. The number of aromatic amines is 1. The topological polar surface area (TPSA) is 125 Å². The molecule has 0 spiro atoms. The Morgan fingerprint density at radius 3 is 2.75 bits per heavy atom. The Labute approximate surface area is 113 Å². The second-order valence-electron chi connectivity index (χ2n) is 4.53. The number of aliphatic hydroxyl groups excluding tert-OH is 2. The van der Waals surface area contributed by atoms with Crippen LogP contribution in [0, 0.1) is 0 Å². The van der Waals surface area contributed by atoms with Crippen molar-refractivity contribution in [2.24, 2.45) is 7.05 Å². The van der Waals surface area contributed by atoms with E-state index in [0.717, 1.165) is 0 Å². The highest BCUT2D eigenvalue weighted by Gasteiger charge is 2.16. The molecule has 4 N–H and O–H groups in total. The molecule has 20 heavy (non-hydrogen) atoms. The average molecular weight is 283 g/mol. The van der Waals surface area contributed by atoms with E-state index in [1.165, 1.54) is 16.2 Å². The van der Waals surface area contributed by atoms with Gasteiger partial charge in [-0.25, -0.2) is 4.79 Å². The fourth-order valence-electron chi connectivity index (χ4n) is 1.93. The van der Waals surface area contributed by atoms with Crippen LogP contribution in [-0.4, -0.2) is 48.6 Å². The summed E-state index contributed by atoms with van der Waals surface area (Å²) in [4.78, 5) is 29.8. The summed E-state index contributed by atoms with van der Waals surface area (Å²) in [7, 11) is 1.50. The Morgan fingerprint density at radius 2 is 2.15 bits per heavy atom. The normalized spacial score (nSPS) is 12.8. The van der Waals surface area contributed by atoms with Crippen LogP contribution in [-0.2, 0) is 13.6 Å². The molecule has 9 heteroatoms. The van der Waals surface area contributed by atoms with Gasteiger partial charge in [0.05, 0.1) is 12.7 Å². The minimum atomic E-state index is -0.598. The van der Waals surface area contributed by atoms with Crippen LogP contribution >= 0.6 is 0 Å². The summed E-state index contributed by atoms with van der Waals surface area (Å²) in [5.41, 5.74) is -0.693. The number of aliphatic hydroxyl groups is 2. The minimum absolute atomic E-state index is 0.153. The number of imidazole rings is 1. The van der Waals surface area contributed by atoms with Crippen molar-refractivity contribution in [2.45, 2.75) is 19.6 Å². The minimum Gasteiger partial charge on any atom is -0.395 e. The van der Waals surface area contributed by atoms with E-state index in [-0.39, 0.29) is 30.9 Å². The van der Waals surface area contributed by atoms with Gasteiger partial charge in [-0.05, 0) is 6.92 Å². The molecular weight excluding hydrogens is 266 g/mol. The van der Waals surface area contributed by atoms with Gasteiger partial charge in [0.15, 0.2) is 11.2 Å². The van der Waals surface area contributed by atoms with Gasteiger partial charge in [-0.3, -0.25) is 14.3 Å². The highest BCUT2D eigenvalue weighted by atomic mass is 16.3. The van der Waals surface area contributed by atoms with Crippen molar-refractivity contribution < 1.29 is 10.2 Å². The molecule has 0 fully saturated rings. The fourth-order valence-corrected chi connectivity index (χ4v) is 1.93. The second-order valence-corrected chi connectivity index (χ2v) is 4.53. The van der Waals surface area contributed by atoms with Crippen LogP contribution in [0.15, 0.2) is 9.59 Å². The van der Waals surface area contributed by atoms with Crippen molar-refractivity contribution in [1.82, 2.24) is 19.1 Å². The first-order chi connectivity index (χ1) is 9.45. The van der Waals surface area contributed by atoms with E-state index in [4.69, 9.17) is 5.11 Å². The van der Waals surface area contributed by atoms with E-state index in [2.05, 4.69) is 15.3 Å². The van der Waals surface area contributed by atoms with E-state index in [0.29, 0.717) is 5.95 Å².